The van der Waals surface area contributed by atoms with E-state index in [9.17, 15) is 14.9 Å². The van der Waals surface area contributed by atoms with Gasteiger partial charge in [0.05, 0.1) is 16.7 Å². The normalized spacial score (nSPS) is 18.1. The van der Waals surface area contributed by atoms with Crippen LogP contribution in [0.4, 0.5) is 0 Å². The summed E-state index contributed by atoms with van der Waals surface area (Å²) >= 11 is 12.1. The number of amides is 1. The number of carbonyl (C=O) groups is 1. The third-order valence-corrected chi connectivity index (χ3v) is 5.59. The average molecular weight is 473 g/mol. The maximum atomic E-state index is 13.2. The SMILES string of the molecule is NC1=C(C(=O)N/N=C/c2cccc(Cl)c2)C(c2cccc(Cl)c2)C([N+](=O)[O-])=C2NCCN12. The fourth-order valence-electron chi connectivity index (χ4n) is 3.79. The zero-order valence-corrected chi connectivity index (χ0v) is 18.1. The van der Waals surface area contributed by atoms with Crippen molar-refractivity contribution in [3.05, 3.63) is 103 Å². The van der Waals surface area contributed by atoms with E-state index < -0.39 is 16.7 Å². The molecule has 1 atom stereocenters. The molecular weight excluding hydrogens is 455 g/mol. The number of nitrogens with zero attached hydrogens (tertiary/aromatic N) is 3. The van der Waals surface area contributed by atoms with Crippen molar-refractivity contribution in [3.63, 3.8) is 0 Å². The molecule has 2 aromatic carbocycles. The number of hydrogen-bond donors (Lipinski definition) is 3. The van der Waals surface area contributed by atoms with Crippen molar-refractivity contribution in [2.75, 3.05) is 13.1 Å². The van der Waals surface area contributed by atoms with E-state index in [1.165, 1.54) is 11.1 Å². The predicted octanol–water partition coefficient (Wildman–Crippen LogP) is 2.76. The van der Waals surface area contributed by atoms with E-state index in [0.29, 0.717) is 34.3 Å². The lowest BCUT2D eigenvalue weighted by atomic mass is 9.85. The van der Waals surface area contributed by atoms with E-state index in [-0.39, 0.29) is 22.9 Å². The maximum absolute atomic E-state index is 13.2. The van der Waals surface area contributed by atoms with Crippen molar-refractivity contribution in [1.82, 2.24) is 15.6 Å². The fourth-order valence-corrected chi connectivity index (χ4v) is 4.19. The summed E-state index contributed by atoms with van der Waals surface area (Å²) < 4.78 is 0. The Hall–Kier alpha value is -3.56. The summed E-state index contributed by atoms with van der Waals surface area (Å²) in [5, 5.41) is 20.0. The summed E-state index contributed by atoms with van der Waals surface area (Å²) in [6.07, 6.45) is 1.42. The molecule has 11 heteroatoms. The Labute approximate surface area is 193 Å². The van der Waals surface area contributed by atoms with Gasteiger partial charge in [-0.2, -0.15) is 5.10 Å². The molecule has 2 heterocycles. The van der Waals surface area contributed by atoms with Gasteiger partial charge in [0.25, 0.3) is 11.6 Å². The number of halogens is 2. The summed E-state index contributed by atoms with van der Waals surface area (Å²) in [5.74, 6) is -1.30. The maximum Gasteiger partial charge on any atom is 0.298 e. The molecular formula is C21H18Cl2N6O3. The molecule has 9 nitrogen and oxygen atoms in total. The highest BCUT2D eigenvalue weighted by atomic mass is 35.5. The number of carbonyl (C=O) groups excluding carboxylic acids is 1. The zero-order valence-electron chi connectivity index (χ0n) is 16.6. The summed E-state index contributed by atoms with van der Waals surface area (Å²) in [6, 6.07) is 13.5. The van der Waals surface area contributed by atoms with Gasteiger partial charge in [0, 0.05) is 23.1 Å². The first-order chi connectivity index (χ1) is 15.4. The highest BCUT2D eigenvalue weighted by molar-refractivity contribution is 6.31. The Bertz CT molecular complexity index is 1190. The van der Waals surface area contributed by atoms with Gasteiger partial charge in [-0.15, -0.1) is 0 Å². The molecule has 0 spiro atoms. The first-order valence-electron chi connectivity index (χ1n) is 9.61. The molecule has 0 aliphatic carbocycles. The number of nitrogens with two attached hydrogens (primary N) is 1. The number of nitro groups is 1. The molecule has 4 N–H and O–H groups in total. The van der Waals surface area contributed by atoms with Crippen LogP contribution in [0.1, 0.15) is 17.0 Å². The Balaban J connectivity index is 1.74. The van der Waals surface area contributed by atoms with Gasteiger partial charge in [-0.05, 0) is 35.4 Å². The largest absolute Gasteiger partial charge is 0.385 e. The van der Waals surface area contributed by atoms with Gasteiger partial charge in [-0.1, -0.05) is 47.5 Å². The van der Waals surface area contributed by atoms with Gasteiger partial charge in [0.1, 0.15) is 11.7 Å². The van der Waals surface area contributed by atoms with E-state index >= 15 is 0 Å². The van der Waals surface area contributed by atoms with Gasteiger partial charge >= 0.3 is 0 Å². The Morgan fingerprint density at radius 2 is 1.97 bits per heavy atom. The fraction of sp³-hybridized carbons (Fsp3) is 0.143. The second kappa shape index (κ2) is 8.89. The minimum Gasteiger partial charge on any atom is -0.385 e. The number of allylic oxidation sites excluding steroid dienone is 1. The first kappa shape index (κ1) is 21.7. The standard InChI is InChI=1S/C21H18Cl2N6O3/c22-14-5-1-3-12(9-14)11-26-27-21(30)17-16(13-4-2-6-15(23)10-13)18(29(31)32)20-25-7-8-28(20)19(17)24/h1-6,9-11,16,25H,7-8,24H2,(H,27,30)/b26-11+. The van der Waals surface area contributed by atoms with Crippen LogP contribution in [0.2, 0.25) is 10.0 Å². The van der Waals surface area contributed by atoms with E-state index in [1.54, 1.807) is 48.5 Å². The first-order valence-corrected chi connectivity index (χ1v) is 10.4. The second-order valence-corrected chi connectivity index (χ2v) is 7.98. The van der Waals surface area contributed by atoms with Crippen LogP contribution in [-0.4, -0.2) is 35.0 Å². The molecule has 4 rings (SSSR count). The van der Waals surface area contributed by atoms with Crippen molar-refractivity contribution in [1.29, 1.82) is 0 Å². The number of hydrogen-bond acceptors (Lipinski definition) is 7. The summed E-state index contributed by atoms with van der Waals surface area (Å²) in [4.78, 5) is 26.3. The molecule has 2 aliphatic rings. The van der Waals surface area contributed by atoms with Crippen molar-refractivity contribution in [2.45, 2.75) is 5.92 Å². The van der Waals surface area contributed by atoms with Crippen LogP contribution in [0.3, 0.4) is 0 Å². The van der Waals surface area contributed by atoms with Crippen LogP contribution in [0.15, 0.2) is 76.5 Å². The monoisotopic (exact) mass is 472 g/mol. The lowest BCUT2D eigenvalue weighted by Gasteiger charge is -2.30. The third-order valence-electron chi connectivity index (χ3n) is 5.12. The Kier molecular flexibility index (Phi) is 6.02. The highest BCUT2D eigenvalue weighted by Crippen LogP contribution is 2.41. The van der Waals surface area contributed by atoms with E-state index in [4.69, 9.17) is 28.9 Å². The molecule has 0 saturated carbocycles. The average Bonchev–Trinajstić information content (AvgIpc) is 3.23. The number of nitrogens with one attached hydrogen (secondary N) is 2. The van der Waals surface area contributed by atoms with Gasteiger partial charge < -0.3 is 16.0 Å². The molecule has 0 radical (unpaired) electrons. The minimum absolute atomic E-state index is 0.0228. The van der Waals surface area contributed by atoms with Crippen molar-refractivity contribution < 1.29 is 9.72 Å². The quantitative estimate of drug-likeness (QED) is 0.348. The highest BCUT2D eigenvalue weighted by Gasteiger charge is 2.46. The van der Waals surface area contributed by atoms with Gasteiger partial charge in [-0.3, -0.25) is 14.9 Å². The molecule has 1 fully saturated rings. The predicted molar refractivity (Wildman–Crippen MR) is 121 cm³/mol. The molecule has 2 aliphatic heterocycles. The van der Waals surface area contributed by atoms with Gasteiger partial charge in [0.2, 0.25) is 0 Å². The number of fused-ring (bicyclic) bond motifs is 1. The lowest BCUT2D eigenvalue weighted by Crippen LogP contribution is -2.40. The number of rotatable bonds is 5. The van der Waals surface area contributed by atoms with Crippen LogP contribution >= 0.6 is 23.2 Å². The van der Waals surface area contributed by atoms with Crippen LogP contribution in [-0.2, 0) is 4.79 Å². The Morgan fingerprint density at radius 3 is 2.66 bits per heavy atom. The number of hydrazone groups is 1. The topological polar surface area (TPSA) is 126 Å². The smallest absolute Gasteiger partial charge is 0.298 e. The summed E-state index contributed by atoms with van der Waals surface area (Å²) in [5.41, 5.74) is 9.76. The molecule has 2 aromatic rings. The van der Waals surface area contributed by atoms with E-state index in [0.717, 1.165) is 0 Å². The minimum atomic E-state index is -1.04. The lowest BCUT2D eigenvalue weighted by molar-refractivity contribution is -0.432. The van der Waals surface area contributed by atoms with Crippen molar-refractivity contribution in [3.8, 4) is 0 Å². The van der Waals surface area contributed by atoms with Crippen LogP contribution in [0, 0.1) is 10.1 Å². The van der Waals surface area contributed by atoms with Crippen LogP contribution < -0.4 is 16.5 Å². The Morgan fingerprint density at radius 1 is 1.25 bits per heavy atom. The van der Waals surface area contributed by atoms with Crippen molar-refractivity contribution >= 4 is 35.3 Å². The molecule has 32 heavy (non-hydrogen) atoms. The number of benzene rings is 2. The summed E-state index contributed by atoms with van der Waals surface area (Å²) in [7, 11) is 0. The molecule has 1 amide bonds. The molecule has 0 bridgehead atoms. The molecule has 0 aromatic heterocycles. The third kappa shape index (κ3) is 4.12. The van der Waals surface area contributed by atoms with Gasteiger partial charge in [-0.25, -0.2) is 5.43 Å². The zero-order chi connectivity index (χ0) is 22.8. The molecule has 1 saturated heterocycles. The summed E-state index contributed by atoms with van der Waals surface area (Å²) in [6.45, 7) is 0.848. The van der Waals surface area contributed by atoms with E-state index in [1.807, 2.05) is 0 Å². The molecule has 164 valence electrons. The van der Waals surface area contributed by atoms with Gasteiger partial charge in [0.15, 0.2) is 5.82 Å². The van der Waals surface area contributed by atoms with Crippen molar-refractivity contribution in [2.24, 2.45) is 10.8 Å². The molecule has 1 unspecified atom stereocenters. The van der Waals surface area contributed by atoms with Crippen LogP contribution in [0.5, 0.6) is 0 Å². The van der Waals surface area contributed by atoms with E-state index in [2.05, 4.69) is 15.8 Å². The van der Waals surface area contributed by atoms with Crippen LogP contribution in [0.25, 0.3) is 0 Å². The second-order valence-electron chi connectivity index (χ2n) is 7.11.